The molecule has 0 saturated carbocycles. The molecule has 0 fully saturated rings. The van der Waals surface area contributed by atoms with Gasteiger partial charge in [-0.25, -0.2) is 25.3 Å². The Morgan fingerprint density at radius 2 is 1.05 bits per heavy atom. The average molecular weight is 829 g/mol. The van der Waals surface area contributed by atoms with Crippen LogP contribution in [-0.4, -0.2) is 49.1 Å². The van der Waals surface area contributed by atoms with Gasteiger partial charge in [0.25, 0.3) is 0 Å². The minimum Gasteiger partial charge on any atom is -0.744 e. The van der Waals surface area contributed by atoms with Crippen molar-refractivity contribution >= 4 is 74.6 Å². The molecule has 6 aromatic rings. The summed E-state index contributed by atoms with van der Waals surface area (Å²) in [5.74, 6) is -1.30. The molecule has 6 aromatic carbocycles. The number of nitrogens with zero attached hydrogens (tertiary/aromatic N) is 4. The molecule has 0 saturated heterocycles. The maximum atomic E-state index is 12.2. The molecular weight excluding hydrogens is 806 g/mol. The molecule has 0 amide bonds. The summed E-state index contributed by atoms with van der Waals surface area (Å²) in [5, 5.41) is 37.7. The van der Waals surface area contributed by atoms with Crippen molar-refractivity contribution in [2.45, 2.75) is 28.5 Å². The molecule has 0 aliphatic rings. The standard InChI is InChI=1S/C34H26N4O11S3.3Na/c1-18-13-21(7-10-26(18)35-37-32-25-6-4-3-5-20(25)9-12-28(32)39)22-8-11-27(19(2)14-22)36-38-33-30(52(47,48)49)16-23-15-24(50(41,42)43)17-29(51(44,45)46)31(23)34(33)40;;;/h3-17,39-40H,1-2H3,(H,41,42,43)(H,44,45,46)(H,47,48,49);;;/q;3*+1/p-3. The Labute approximate surface area is 381 Å². The van der Waals surface area contributed by atoms with Crippen molar-refractivity contribution in [3.63, 3.8) is 0 Å². The van der Waals surface area contributed by atoms with Gasteiger partial charge in [0.05, 0.1) is 26.1 Å². The Hall–Kier alpha value is -2.63. The molecule has 0 aliphatic carbocycles. The maximum Gasteiger partial charge on any atom is 1.00 e. The number of fused-ring (bicyclic) bond motifs is 2. The van der Waals surface area contributed by atoms with Crippen LogP contribution >= 0.6 is 0 Å². The summed E-state index contributed by atoms with van der Waals surface area (Å²) in [5.41, 5.74) is 2.75. The van der Waals surface area contributed by atoms with Crippen LogP contribution in [0, 0.1) is 13.8 Å². The summed E-state index contributed by atoms with van der Waals surface area (Å²) in [7, 11) is -16.4. The Morgan fingerprint density at radius 3 is 1.56 bits per heavy atom. The van der Waals surface area contributed by atoms with E-state index in [1.807, 2.05) is 37.3 Å². The average Bonchev–Trinajstić information content (AvgIpc) is 3.06. The molecule has 0 bridgehead atoms. The predicted molar refractivity (Wildman–Crippen MR) is 185 cm³/mol. The largest absolute Gasteiger partial charge is 1.00 e. The number of hydrogen-bond donors (Lipinski definition) is 2. The number of phenolic OH excluding ortho intramolecular Hbond substituents is 2. The molecule has 0 unspecified atom stereocenters. The van der Waals surface area contributed by atoms with Gasteiger partial charge in [-0.3, -0.25) is 0 Å². The van der Waals surface area contributed by atoms with Gasteiger partial charge < -0.3 is 23.9 Å². The number of rotatable bonds is 8. The van der Waals surface area contributed by atoms with Gasteiger partial charge >= 0.3 is 88.7 Å². The zero-order valence-electron chi connectivity index (χ0n) is 29.7. The van der Waals surface area contributed by atoms with Crippen LogP contribution in [0.4, 0.5) is 22.7 Å². The van der Waals surface area contributed by atoms with Crippen molar-refractivity contribution < 1.29 is 138 Å². The summed E-state index contributed by atoms with van der Waals surface area (Å²) in [6.45, 7) is 3.47. The van der Waals surface area contributed by atoms with E-state index in [4.69, 9.17) is 0 Å². The van der Waals surface area contributed by atoms with Crippen LogP contribution in [0.5, 0.6) is 11.5 Å². The van der Waals surface area contributed by atoms with E-state index in [2.05, 4.69) is 20.5 Å². The van der Waals surface area contributed by atoms with Crippen molar-refractivity contribution in [2.75, 3.05) is 0 Å². The van der Waals surface area contributed by atoms with Crippen LogP contribution in [-0.2, 0) is 30.4 Å². The molecule has 15 nitrogen and oxygen atoms in total. The zero-order valence-corrected chi connectivity index (χ0v) is 38.2. The van der Waals surface area contributed by atoms with Crippen LogP contribution < -0.4 is 88.7 Å². The van der Waals surface area contributed by atoms with Crippen molar-refractivity contribution in [3.8, 4) is 22.6 Å². The number of benzene rings is 6. The molecule has 21 heteroatoms. The van der Waals surface area contributed by atoms with Crippen molar-refractivity contribution in [1.29, 1.82) is 0 Å². The molecule has 0 aromatic heterocycles. The monoisotopic (exact) mass is 828 g/mol. The van der Waals surface area contributed by atoms with Crippen LogP contribution in [0.15, 0.2) is 126 Å². The van der Waals surface area contributed by atoms with Gasteiger partial charge in [0.2, 0.25) is 0 Å². The fourth-order valence-corrected chi connectivity index (χ4v) is 7.49. The van der Waals surface area contributed by atoms with E-state index in [1.165, 1.54) is 6.07 Å². The summed E-state index contributed by atoms with van der Waals surface area (Å²) >= 11 is 0. The van der Waals surface area contributed by atoms with Gasteiger partial charge in [0.15, 0.2) is 5.75 Å². The normalized spacial score (nSPS) is 12.1. The minimum atomic E-state index is -5.57. The van der Waals surface area contributed by atoms with Gasteiger partial charge in [0.1, 0.15) is 47.5 Å². The molecule has 0 aliphatic heterocycles. The molecular formula is C34H23N4Na3O11S3. The van der Waals surface area contributed by atoms with Gasteiger partial charge in [-0.2, -0.15) is 10.2 Å². The fourth-order valence-electron chi connectivity index (χ4n) is 5.50. The Kier molecular flexibility index (Phi) is 15.2. The summed E-state index contributed by atoms with van der Waals surface area (Å²) in [6.07, 6.45) is 0. The summed E-state index contributed by atoms with van der Waals surface area (Å²) < 4.78 is 107. The molecule has 0 atom stereocenters. The quantitative estimate of drug-likeness (QED) is 0.0987. The van der Waals surface area contributed by atoms with E-state index in [0.717, 1.165) is 27.5 Å². The number of azo groups is 2. The third-order valence-electron chi connectivity index (χ3n) is 8.04. The topological polar surface area (TPSA) is 262 Å². The van der Waals surface area contributed by atoms with Crippen LogP contribution in [0.1, 0.15) is 11.1 Å². The molecule has 2 N–H and O–H groups in total. The van der Waals surface area contributed by atoms with Gasteiger partial charge in [0, 0.05) is 10.8 Å². The predicted octanol–water partition coefficient (Wildman–Crippen LogP) is -1.76. The van der Waals surface area contributed by atoms with Crippen molar-refractivity contribution in [3.05, 3.63) is 102 Å². The third-order valence-corrected chi connectivity index (χ3v) is 10.6. The summed E-state index contributed by atoms with van der Waals surface area (Å²) in [4.78, 5) is -3.81. The van der Waals surface area contributed by atoms with Crippen LogP contribution in [0.25, 0.3) is 32.7 Å². The van der Waals surface area contributed by atoms with Crippen LogP contribution in [0.2, 0.25) is 0 Å². The first-order valence-electron chi connectivity index (χ1n) is 14.8. The van der Waals surface area contributed by atoms with E-state index in [9.17, 15) is 49.1 Å². The fraction of sp³-hybridized carbons (Fsp3) is 0.0588. The first-order chi connectivity index (χ1) is 24.3. The third kappa shape index (κ3) is 10.1. The second-order valence-corrected chi connectivity index (χ2v) is 15.6. The van der Waals surface area contributed by atoms with E-state index in [0.29, 0.717) is 29.1 Å². The molecule has 6 rings (SSSR count). The second-order valence-electron chi connectivity index (χ2n) is 11.5. The number of phenols is 2. The molecule has 55 heavy (non-hydrogen) atoms. The number of aryl methyl sites for hydroxylation is 2. The van der Waals surface area contributed by atoms with Gasteiger partial charge in [-0.05, 0) is 95.4 Å². The number of aromatic hydroxyl groups is 2. The zero-order chi connectivity index (χ0) is 37.7. The molecule has 266 valence electrons. The van der Waals surface area contributed by atoms with Gasteiger partial charge in [-0.1, -0.05) is 42.5 Å². The Morgan fingerprint density at radius 1 is 0.527 bits per heavy atom. The van der Waals surface area contributed by atoms with E-state index in [-0.39, 0.29) is 106 Å². The van der Waals surface area contributed by atoms with Crippen molar-refractivity contribution in [2.24, 2.45) is 20.5 Å². The van der Waals surface area contributed by atoms with E-state index < -0.39 is 67.3 Å². The molecule has 0 spiro atoms. The SMILES string of the molecule is Cc1cc(-c2ccc(N=Nc3c(O)ccc4ccccc34)c(C)c2)ccc1N=Nc1c(S(=O)(=O)[O-])cc2cc(S(=O)(=O)[O-])cc(S(=O)(=O)[O-])c2c1O.[Na+].[Na+].[Na+]. The molecule has 0 heterocycles. The Balaban J connectivity index is 0.00000271. The number of hydrogen-bond acceptors (Lipinski definition) is 15. The van der Waals surface area contributed by atoms with Crippen molar-refractivity contribution in [1.82, 2.24) is 0 Å². The minimum absolute atomic E-state index is 0. The summed E-state index contributed by atoms with van der Waals surface area (Å²) in [6, 6.07) is 22.3. The second kappa shape index (κ2) is 17.9. The van der Waals surface area contributed by atoms with Crippen LogP contribution in [0.3, 0.4) is 0 Å². The van der Waals surface area contributed by atoms with Gasteiger partial charge in [-0.15, -0.1) is 10.2 Å². The Bertz CT molecular complexity index is 2890. The molecule has 0 radical (unpaired) electrons. The smallest absolute Gasteiger partial charge is 0.744 e. The van der Waals surface area contributed by atoms with E-state index in [1.54, 1.807) is 43.3 Å². The first kappa shape index (κ1) is 46.8. The maximum absolute atomic E-state index is 12.2. The first-order valence-corrected chi connectivity index (χ1v) is 19.0. The van der Waals surface area contributed by atoms with E-state index >= 15 is 0 Å².